The fourth-order valence-electron chi connectivity index (χ4n) is 2.90. The van der Waals surface area contributed by atoms with Crippen LogP contribution in [0.1, 0.15) is 15.3 Å². The van der Waals surface area contributed by atoms with Gasteiger partial charge in [-0.1, -0.05) is 65.3 Å². The molecular weight excluding hydrogens is 1300 g/mol. The lowest BCUT2D eigenvalue weighted by atomic mass is 9.91. The molecule has 0 amide bonds. The lowest BCUT2D eigenvalue weighted by Crippen LogP contribution is -2.60. The highest BCUT2D eigenvalue weighted by molar-refractivity contribution is 14.1. The first-order valence-electron chi connectivity index (χ1n) is 13.8. The third kappa shape index (κ3) is 20.3. The lowest BCUT2D eigenvalue weighted by molar-refractivity contribution is -0.345. The number of allylic oxidation sites excluding steroid dienone is 3. The van der Waals surface area contributed by atoms with Crippen LogP contribution < -0.4 is 0 Å². The Labute approximate surface area is 367 Å². The number of rotatable bonds is 6. The number of hydrogen-bond donors (Lipinski definition) is 0. The van der Waals surface area contributed by atoms with Crippen LogP contribution in [0.5, 0.6) is 0 Å². The minimum Gasteiger partial charge on any atom is -0.222 e. The largest absolute Gasteiger partial charge is 0.435 e. The van der Waals surface area contributed by atoms with Crippen LogP contribution in [0.15, 0.2) is 24.8 Å². The average molecular weight is 1310 g/mol. The molecule has 0 N–H and O–H groups in total. The Hall–Kier alpha value is -1.79. The maximum Gasteiger partial charge on any atom is 0.435 e. The molecule has 0 aliphatic carbocycles. The van der Waals surface area contributed by atoms with E-state index in [1.54, 1.807) is 0 Å². The SMILES string of the molecule is C.C=CC(F)(C(F)(F)F)C(F)(F)F.FC(F)(F)C(/C=C/C(F)(C(F)(F)F)C(F)(F)F)C(F)(F)F.FC(F)(F)C(CC(I)C(F)(C(F)(F)F)C(F)(F)F)C(F)(F)F.FC(F)(F)C(I)C(F)(F)F.[2HH]. The molecule has 404 valence electrons. The normalized spacial score (nSPS) is 15.6. The summed E-state index contributed by atoms with van der Waals surface area (Å²) in [6.45, 7) is 2.15. The monoisotopic (exact) mass is 1310 g/mol. The summed E-state index contributed by atoms with van der Waals surface area (Å²) in [5, 5.41) is 0. The van der Waals surface area contributed by atoms with Crippen molar-refractivity contribution in [2.24, 2.45) is 11.8 Å². The second-order valence-electron chi connectivity index (χ2n) is 11.0. The van der Waals surface area contributed by atoms with Crippen molar-refractivity contribution in [2.75, 3.05) is 0 Å². The Balaban J connectivity index is -0.000000192. The molecule has 0 aromatic rings. The summed E-state index contributed by atoms with van der Waals surface area (Å²) in [4.78, 5) is 0. The first-order valence-corrected chi connectivity index (χ1v) is 16.3. The number of halogens is 41. The van der Waals surface area contributed by atoms with E-state index >= 15 is 0 Å². The Kier molecular flexibility index (Phi) is 25.0. The van der Waals surface area contributed by atoms with Crippen LogP contribution in [0.25, 0.3) is 0 Å². The van der Waals surface area contributed by atoms with Crippen molar-refractivity contribution in [3.8, 4) is 0 Å². The van der Waals surface area contributed by atoms with Crippen molar-refractivity contribution in [2.45, 2.75) is 113 Å². The van der Waals surface area contributed by atoms with E-state index in [-0.39, 0.29) is 31.4 Å². The molecule has 0 heterocycles. The molecule has 0 aliphatic rings. The van der Waals surface area contributed by atoms with Gasteiger partial charge in [-0.3, -0.25) is 0 Å². The van der Waals surface area contributed by atoms with Crippen molar-refractivity contribution in [3.63, 3.8) is 0 Å². The molecule has 1 unspecified atom stereocenters. The van der Waals surface area contributed by atoms with Crippen LogP contribution in [0, 0.1) is 11.8 Å². The summed E-state index contributed by atoms with van der Waals surface area (Å²) in [7, 11) is 0. The Morgan fingerprint density at radius 2 is 0.606 bits per heavy atom. The molecule has 0 spiro atoms. The first-order chi connectivity index (χ1) is 27.3. The lowest BCUT2D eigenvalue weighted by Gasteiger charge is -2.36. The van der Waals surface area contributed by atoms with Crippen LogP contribution >= 0.6 is 45.2 Å². The third-order valence-corrected chi connectivity index (χ3v) is 9.00. The van der Waals surface area contributed by atoms with Gasteiger partial charge in [0.15, 0.2) is 11.8 Å². The Morgan fingerprint density at radius 1 is 0.364 bits per heavy atom. The smallest absolute Gasteiger partial charge is 0.222 e. The van der Waals surface area contributed by atoms with Gasteiger partial charge in [0.25, 0.3) is 0 Å². The van der Waals surface area contributed by atoms with Crippen molar-refractivity contribution < 1.29 is 173 Å². The van der Waals surface area contributed by atoms with E-state index in [0.29, 0.717) is 22.6 Å². The highest BCUT2D eigenvalue weighted by Crippen LogP contribution is 2.55. The third-order valence-electron chi connectivity index (χ3n) is 6.22. The maximum absolute atomic E-state index is 13.3. The van der Waals surface area contributed by atoms with Crippen LogP contribution in [0.4, 0.5) is 171 Å². The van der Waals surface area contributed by atoms with Gasteiger partial charge >= 0.3 is 91.1 Å². The number of hydrogen-bond acceptors (Lipinski definition) is 0. The van der Waals surface area contributed by atoms with E-state index in [9.17, 15) is 171 Å². The topological polar surface area (TPSA) is 0 Å². The second-order valence-corrected chi connectivity index (χ2v) is 13.8. The van der Waals surface area contributed by atoms with Gasteiger partial charge in [0.1, 0.15) is 0 Å². The van der Waals surface area contributed by atoms with Crippen molar-refractivity contribution in [3.05, 3.63) is 24.8 Å². The summed E-state index contributed by atoms with van der Waals surface area (Å²) in [6, 6.07) is 0. The highest BCUT2D eigenvalue weighted by Gasteiger charge is 2.77. The zero-order valence-corrected chi connectivity index (χ0v) is 32.8. The summed E-state index contributed by atoms with van der Waals surface area (Å²) in [6.07, 6.45) is -81.3. The number of alkyl halides is 41. The molecule has 1 atom stereocenters. The molecular formula is C25H17F39I2. The van der Waals surface area contributed by atoms with Crippen LogP contribution in [-0.4, -0.2) is 99.0 Å². The van der Waals surface area contributed by atoms with Gasteiger partial charge in [-0.15, -0.1) is 0 Å². The molecule has 0 rings (SSSR count). The standard InChI is InChI=1S/C8H4F13I.C8H3F13.C5H3F7.C3HF6I.CH4.H2/c9-4(7(16,17)18,8(19,20)21)3(22)1-2(5(10,11)12)6(13,14)15;9-4(7(16,17)18,8(19,20)21)2-1-3(5(10,11)12)6(13,14)15;1-2-3(6,4(7,8)9)5(10,11)12;4-2(5,6)1(10)3(7,8)9;;/h2-3H,1H2;1-3H;2H,1H2;1H;1H4;1H/b;2-1+;;;;/i;;;;;1+1. The highest BCUT2D eigenvalue weighted by atomic mass is 127. The first kappa shape index (κ1) is 73.2. The Morgan fingerprint density at radius 3 is 0.727 bits per heavy atom. The van der Waals surface area contributed by atoms with Crippen LogP contribution in [0.3, 0.4) is 0 Å². The minimum atomic E-state index is -6.79. The summed E-state index contributed by atoms with van der Waals surface area (Å²) >= 11 is 0.256. The van der Waals surface area contributed by atoms with E-state index in [4.69, 9.17) is 0 Å². The van der Waals surface area contributed by atoms with Gasteiger partial charge in [0.05, 0.1) is 3.92 Å². The fraction of sp³-hybridized carbons (Fsp3) is 0.840. The zero-order chi connectivity index (χ0) is 54.6. The molecule has 0 aromatic carbocycles. The summed E-state index contributed by atoms with van der Waals surface area (Å²) in [5.41, 5.74) is -17.9. The maximum atomic E-state index is 13.3. The molecule has 0 aromatic heterocycles. The molecule has 0 nitrogen and oxygen atoms in total. The predicted molar refractivity (Wildman–Crippen MR) is 160 cm³/mol. The van der Waals surface area contributed by atoms with E-state index in [2.05, 4.69) is 6.58 Å². The summed E-state index contributed by atoms with van der Waals surface area (Å²) in [5.74, 6) is -9.20. The molecule has 66 heavy (non-hydrogen) atoms. The van der Waals surface area contributed by atoms with Gasteiger partial charge in [-0.05, 0) is 18.6 Å². The van der Waals surface area contributed by atoms with Gasteiger partial charge in [-0.2, -0.15) is 158 Å². The van der Waals surface area contributed by atoms with Gasteiger partial charge in [0.2, 0.25) is 3.92 Å². The quantitative estimate of drug-likeness (QED) is 0.108. The van der Waals surface area contributed by atoms with Crippen LogP contribution in [-0.2, 0) is 0 Å². The van der Waals surface area contributed by atoms with E-state index in [1.807, 2.05) is 0 Å². The molecule has 0 radical (unpaired) electrons. The molecule has 0 saturated carbocycles. The van der Waals surface area contributed by atoms with Crippen molar-refractivity contribution in [1.82, 2.24) is 0 Å². The molecule has 0 fully saturated rings. The van der Waals surface area contributed by atoms with Gasteiger partial charge in [0, 0.05) is 1.43 Å². The molecule has 0 aliphatic heterocycles. The molecule has 41 heteroatoms. The predicted octanol–water partition coefficient (Wildman–Crippen LogP) is 17.7. The molecule has 0 bridgehead atoms. The summed E-state index contributed by atoms with van der Waals surface area (Å²) < 4.78 is 457. The van der Waals surface area contributed by atoms with Gasteiger partial charge in [-0.25, -0.2) is 13.2 Å². The minimum absolute atomic E-state index is 0. The second kappa shape index (κ2) is 22.5. The van der Waals surface area contributed by atoms with E-state index in [0.717, 1.165) is 0 Å². The zero-order valence-electron chi connectivity index (χ0n) is 28.5. The van der Waals surface area contributed by atoms with E-state index < -0.39 is 135 Å². The van der Waals surface area contributed by atoms with Crippen molar-refractivity contribution in [1.29, 1.82) is 0 Å². The van der Waals surface area contributed by atoms with Gasteiger partial charge < -0.3 is 0 Å². The Bertz CT molecular complexity index is 1380. The van der Waals surface area contributed by atoms with E-state index in [1.165, 1.54) is 0 Å². The van der Waals surface area contributed by atoms with Crippen molar-refractivity contribution >= 4 is 45.2 Å². The molecule has 0 saturated heterocycles. The fourth-order valence-corrected chi connectivity index (χ4v) is 4.11. The average Bonchev–Trinajstić information content (AvgIpc) is 2.96. The van der Waals surface area contributed by atoms with Crippen LogP contribution in [0.2, 0.25) is 0 Å².